The molecule has 6 nitrogen and oxygen atoms in total. The molecule has 2 amide bonds. The number of amides is 2. The van der Waals surface area contributed by atoms with Crippen molar-refractivity contribution in [1.29, 1.82) is 0 Å². The Morgan fingerprint density at radius 3 is 2.23 bits per heavy atom. The Balaban J connectivity index is 1.42. The zero-order valence-corrected chi connectivity index (χ0v) is 18.5. The second-order valence-corrected chi connectivity index (χ2v) is 8.28. The highest BCUT2D eigenvalue weighted by Crippen LogP contribution is 2.26. The maximum atomic E-state index is 12.3. The molecule has 2 N–H and O–H groups in total. The largest absolute Gasteiger partial charge is 0.355 e. The molecule has 1 fully saturated rings. The molecule has 0 unspecified atom stereocenters. The first kappa shape index (κ1) is 21.4. The summed E-state index contributed by atoms with van der Waals surface area (Å²) in [6.45, 7) is 2.06. The van der Waals surface area contributed by atoms with Crippen LogP contribution < -0.4 is 15.5 Å². The number of aromatic nitrogens is 2. The third-order valence-electron chi connectivity index (χ3n) is 5.17. The summed E-state index contributed by atoms with van der Waals surface area (Å²) < 4.78 is 0. The fourth-order valence-electron chi connectivity index (χ4n) is 3.57. The second-order valence-electron chi connectivity index (χ2n) is 7.47. The molecule has 0 spiro atoms. The van der Waals surface area contributed by atoms with E-state index < -0.39 is 0 Å². The van der Waals surface area contributed by atoms with Crippen LogP contribution in [-0.4, -0.2) is 29.3 Å². The van der Waals surface area contributed by atoms with E-state index >= 15 is 0 Å². The minimum atomic E-state index is -0.377. The lowest BCUT2D eigenvalue weighted by molar-refractivity contribution is 0.262. The van der Waals surface area contributed by atoms with Crippen LogP contribution in [0.2, 0.25) is 10.0 Å². The molecule has 0 aliphatic carbocycles. The molecule has 2 aromatic carbocycles. The molecule has 0 bridgehead atoms. The minimum absolute atomic E-state index is 0.377. The van der Waals surface area contributed by atoms with Gasteiger partial charge >= 0.3 is 6.03 Å². The Kier molecular flexibility index (Phi) is 6.89. The number of halogens is 2. The highest BCUT2D eigenvalue weighted by molar-refractivity contribution is 6.42. The molecule has 8 heteroatoms. The van der Waals surface area contributed by atoms with Gasteiger partial charge in [-0.05, 0) is 55.3 Å². The van der Waals surface area contributed by atoms with Gasteiger partial charge in [0.1, 0.15) is 0 Å². The molecule has 2 heterocycles. The number of carbonyl (C=O) groups excluding carboxylic acids is 1. The normalized spacial score (nSPS) is 14.1. The fraction of sp³-hybridized carbons (Fsp3) is 0.261. The zero-order chi connectivity index (χ0) is 21.6. The van der Waals surface area contributed by atoms with E-state index in [1.807, 2.05) is 36.4 Å². The average Bonchev–Trinajstić information content (AvgIpc) is 3.06. The molecule has 1 aromatic heterocycles. The van der Waals surface area contributed by atoms with Gasteiger partial charge in [-0.3, -0.25) is 0 Å². The summed E-state index contributed by atoms with van der Waals surface area (Å²) in [5.41, 5.74) is 2.83. The molecule has 4 rings (SSSR count). The first-order valence-corrected chi connectivity index (χ1v) is 11.1. The van der Waals surface area contributed by atoms with Crippen LogP contribution in [0.25, 0.3) is 11.3 Å². The van der Waals surface area contributed by atoms with Gasteiger partial charge in [-0.1, -0.05) is 48.2 Å². The van der Waals surface area contributed by atoms with Gasteiger partial charge in [-0.2, -0.15) is 0 Å². The predicted molar refractivity (Wildman–Crippen MR) is 127 cm³/mol. The van der Waals surface area contributed by atoms with Crippen LogP contribution in [0.15, 0.2) is 54.6 Å². The maximum absolute atomic E-state index is 12.3. The summed E-state index contributed by atoms with van der Waals surface area (Å²) >= 11 is 11.9. The quantitative estimate of drug-likeness (QED) is 0.472. The number of rotatable bonds is 4. The van der Waals surface area contributed by atoms with Crippen molar-refractivity contribution >= 4 is 46.4 Å². The van der Waals surface area contributed by atoms with Gasteiger partial charge in [0.25, 0.3) is 0 Å². The highest BCUT2D eigenvalue weighted by Gasteiger charge is 2.12. The van der Waals surface area contributed by atoms with E-state index in [-0.39, 0.29) is 6.03 Å². The van der Waals surface area contributed by atoms with E-state index in [0.29, 0.717) is 21.4 Å². The van der Waals surface area contributed by atoms with Crippen molar-refractivity contribution in [1.82, 2.24) is 10.2 Å². The Bertz CT molecular complexity index is 1050. The molecule has 160 valence electrons. The number of urea groups is 1. The lowest BCUT2D eigenvalue weighted by Gasteiger charge is -2.20. The van der Waals surface area contributed by atoms with Crippen molar-refractivity contribution in [2.45, 2.75) is 25.7 Å². The lowest BCUT2D eigenvalue weighted by Crippen LogP contribution is -2.25. The standard InChI is InChI=1S/C23H23Cl2N5O/c24-19-9-8-18(15-20(19)25)27-23(31)26-17-7-5-6-16(14-17)21-10-11-22(29-28-21)30-12-3-1-2-4-13-30/h5-11,14-15H,1-4,12-13H2,(H2,26,27,31). The molecular formula is C23H23Cl2N5O. The number of nitrogens with one attached hydrogen (secondary N) is 2. The van der Waals surface area contributed by atoms with Crippen molar-refractivity contribution in [3.8, 4) is 11.3 Å². The van der Waals surface area contributed by atoms with Gasteiger partial charge < -0.3 is 15.5 Å². The molecular weight excluding hydrogens is 433 g/mol. The Hall–Kier alpha value is -2.83. The fourth-order valence-corrected chi connectivity index (χ4v) is 3.87. The second kappa shape index (κ2) is 9.98. The highest BCUT2D eigenvalue weighted by atomic mass is 35.5. The molecule has 31 heavy (non-hydrogen) atoms. The number of hydrogen-bond acceptors (Lipinski definition) is 4. The van der Waals surface area contributed by atoms with E-state index in [0.717, 1.165) is 30.2 Å². The van der Waals surface area contributed by atoms with Gasteiger partial charge in [0.15, 0.2) is 5.82 Å². The van der Waals surface area contributed by atoms with Gasteiger partial charge in [0.05, 0.1) is 15.7 Å². The summed E-state index contributed by atoms with van der Waals surface area (Å²) in [6.07, 6.45) is 4.95. The molecule has 1 saturated heterocycles. The Morgan fingerprint density at radius 2 is 1.55 bits per heavy atom. The third-order valence-corrected chi connectivity index (χ3v) is 5.91. The monoisotopic (exact) mass is 455 g/mol. The summed E-state index contributed by atoms with van der Waals surface area (Å²) in [5.74, 6) is 0.918. The number of nitrogens with zero attached hydrogens (tertiary/aromatic N) is 3. The van der Waals surface area contributed by atoms with Crippen LogP contribution in [0.4, 0.5) is 22.0 Å². The van der Waals surface area contributed by atoms with Crippen LogP contribution in [0.3, 0.4) is 0 Å². The van der Waals surface area contributed by atoms with E-state index in [4.69, 9.17) is 23.2 Å². The van der Waals surface area contributed by atoms with Crippen LogP contribution in [0, 0.1) is 0 Å². The summed E-state index contributed by atoms with van der Waals surface area (Å²) in [5, 5.41) is 15.2. The van der Waals surface area contributed by atoms with E-state index in [1.165, 1.54) is 25.7 Å². The Morgan fingerprint density at radius 1 is 0.806 bits per heavy atom. The number of benzene rings is 2. The average molecular weight is 456 g/mol. The topological polar surface area (TPSA) is 70.2 Å². The van der Waals surface area contributed by atoms with Crippen molar-refractivity contribution in [2.75, 3.05) is 28.6 Å². The zero-order valence-electron chi connectivity index (χ0n) is 16.9. The summed E-state index contributed by atoms with van der Waals surface area (Å²) in [7, 11) is 0. The predicted octanol–water partition coefficient (Wildman–Crippen LogP) is 6.47. The molecule has 0 radical (unpaired) electrons. The maximum Gasteiger partial charge on any atom is 0.323 e. The van der Waals surface area contributed by atoms with Gasteiger partial charge in [-0.25, -0.2) is 4.79 Å². The van der Waals surface area contributed by atoms with Gasteiger partial charge in [0, 0.05) is 30.0 Å². The van der Waals surface area contributed by atoms with E-state index in [1.54, 1.807) is 18.2 Å². The first-order valence-electron chi connectivity index (χ1n) is 10.3. The molecule has 1 aliphatic rings. The third kappa shape index (κ3) is 5.66. The van der Waals surface area contributed by atoms with Crippen LogP contribution >= 0.6 is 23.2 Å². The van der Waals surface area contributed by atoms with Crippen molar-refractivity contribution in [3.05, 3.63) is 64.6 Å². The molecule has 3 aromatic rings. The smallest absolute Gasteiger partial charge is 0.323 e. The van der Waals surface area contributed by atoms with Crippen molar-refractivity contribution in [3.63, 3.8) is 0 Å². The summed E-state index contributed by atoms with van der Waals surface area (Å²) in [4.78, 5) is 14.6. The SMILES string of the molecule is O=C(Nc1cccc(-c2ccc(N3CCCCCC3)nn2)c1)Nc1ccc(Cl)c(Cl)c1. The molecule has 0 atom stereocenters. The molecule has 1 aliphatic heterocycles. The Labute approximate surface area is 191 Å². The molecule has 0 saturated carbocycles. The van der Waals surface area contributed by atoms with Crippen molar-refractivity contribution < 1.29 is 4.79 Å². The van der Waals surface area contributed by atoms with Gasteiger partial charge in [-0.15, -0.1) is 10.2 Å². The van der Waals surface area contributed by atoms with E-state index in [9.17, 15) is 4.79 Å². The van der Waals surface area contributed by atoms with Crippen molar-refractivity contribution in [2.24, 2.45) is 0 Å². The first-order chi connectivity index (χ1) is 15.1. The van der Waals surface area contributed by atoms with E-state index in [2.05, 4.69) is 25.7 Å². The minimum Gasteiger partial charge on any atom is -0.355 e. The van der Waals surface area contributed by atoms with Crippen LogP contribution in [-0.2, 0) is 0 Å². The van der Waals surface area contributed by atoms with Crippen LogP contribution in [0.5, 0.6) is 0 Å². The lowest BCUT2D eigenvalue weighted by atomic mass is 10.1. The number of anilines is 3. The van der Waals surface area contributed by atoms with Crippen LogP contribution in [0.1, 0.15) is 25.7 Å². The van der Waals surface area contributed by atoms with Gasteiger partial charge in [0.2, 0.25) is 0 Å². The number of hydrogen-bond donors (Lipinski definition) is 2. The number of carbonyl (C=O) groups is 1. The summed E-state index contributed by atoms with van der Waals surface area (Å²) in [6, 6.07) is 16.0.